The Balaban J connectivity index is 0.00000144. The number of ether oxygens (including phenoxy) is 1. The zero-order valence-corrected chi connectivity index (χ0v) is 11.8. The molecule has 0 aromatic carbocycles. The van der Waals surface area contributed by atoms with Crippen LogP contribution in [0.25, 0.3) is 0 Å². The summed E-state index contributed by atoms with van der Waals surface area (Å²) in [6.07, 6.45) is 2.61. The highest BCUT2D eigenvalue weighted by Gasteiger charge is 2.32. The Bertz CT molecular complexity index is 368. The number of nitrogens with zero attached hydrogens (tertiary/aromatic N) is 3. The van der Waals surface area contributed by atoms with Gasteiger partial charge in [-0.1, -0.05) is 0 Å². The number of hydrogen-bond donors (Lipinski definition) is 2. The first kappa shape index (κ1) is 17.2. The molecular weight excluding hydrogens is 277 g/mol. The molecule has 2 rings (SSSR count). The summed E-state index contributed by atoms with van der Waals surface area (Å²) in [5.74, 6) is 1.30. The molecule has 0 saturated carbocycles. The molecule has 1 saturated heterocycles. The molecule has 0 amide bonds. The predicted molar refractivity (Wildman–Crippen MR) is 76.5 cm³/mol. The van der Waals surface area contributed by atoms with E-state index in [0.29, 0.717) is 12.4 Å². The minimum Gasteiger partial charge on any atom is -0.384 e. The van der Waals surface area contributed by atoms with Crippen molar-refractivity contribution < 1.29 is 4.74 Å². The summed E-state index contributed by atoms with van der Waals surface area (Å²) in [4.78, 5) is 10.2. The van der Waals surface area contributed by atoms with Gasteiger partial charge in [0.25, 0.3) is 0 Å². The van der Waals surface area contributed by atoms with Gasteiger partial charge in [0, 0.05) is 32.3 Å². The molecule has 104 valence electrons. The number of hydrogen-bond acceptors (Lipinski definition) is 6. The Morgan fingerprint density at radius 2 is 2.17 bits per heavy atom. The zero-order chi connectivity index (χ0) is 11.5. The maximum absolute atomic E-state index is 5.74. The van der Waals surface area contributed by atoms with E-state index in [1.807, 2.05) is 0 Å². The van der Waals surface area contributed by atoms with Gasteiger partial charge in [-0.25, -0.2) is 9.97 Å². The fourth-order valence-electron chi connectivity index (χ4n) is 2.07. The average molecular weight is 296 g/mol. The first-order valence-electron chi connectivity index (χ1n) is 5.31. The van der Waals surface area contributed by atoms with Crippen LogP contribution in [0.15, 0.2) is 12.4 Å². The monoisotopic (exact) mass is 295 g/mol. The number of aromatic nitrogens is 2. The molecule has 2 heterocycles. The number of halogens is 2. The molecule has 8 heteroatoms. The Labute approximate surface area is 119 Å². The number of nitrogen functional groups attached to an aromatic ring is 1. The van der Waals surface area contributed by atoms with Crippen molar-refractivity contribution in [2.75, 3.05) is 30.8 Å². The van der Waals surface area contributed by atoms with Crippen molar-refractivity contribution in [3.63, 3.8) is 0 Å². The quantitative estimate of drug-likeness (QED) is 0.842. The Kier molecular flexibility index (Phi) is 7.23. The summed E-state index contributed by atoms with van der Waals surface area (Å²) in [6, 6.07) is 2.03. The summed E-state index contributed by atoms with van der Waals surface area (Å²) < 4.78 is 5.35. The van der Waals surface area contributed by atoms with Crippen LogP contribution in [0, 0.1) is 0 Å². The van der Waals surface area contributed by atoms with E-state index in [2.05, 4.69) is 14.9 Å². The van der Waals surface area contributed by atoms with E-state index < -0.39 is 0 Å². The number of rotatable bonds is 3. The second kappa shape index (κ2) is 7.58. The topological polar surface area (TPSA) is 90.3 Å². The van der Waals surface area contributed by atoms with Gasteiger partial charge in [0.2, 0.25) is 0 Å². The molecule has 0 spiro atoms. The Morgan fingerprint density at radius 1 is 1.44 bits per heavy atom. The maximum atomic E-state index is 5.74. The molecule has 6 nitrogen and oxygen atoms in total. The third-order valence-corrected chi connectivity index (χ3v) is 2.95. The van der Waals surface area contributed by atoms with Crippen LogP contribution in [-0.4, -0.2) is 42.3 Å². The van der Waals surface area contributed by atoms with Gasteiger partial charge in [-0.05, 0) is 6.42 Å². The molecular formula is C10H19Cl2N5O. The smallest absolute Gasteiger partial charge is 0.134 e. The summed E-state index contributed by atoms with van der Waals surface area (Å²) in [5, 5.41) is 0. The van der Waals surface area contributed by atoms with Gasteiger partial charge in [-0.2, -0.15) is 0 Å². The van der Waals surface area contributed by atoms with E-state index in [4.69, 9.17) is 16.2 Å². The fraction of sp³-hybridized carbons (Fsp3) is 0.600. The van der Waals surface area contributed by atoms with Crippen molar-refractivity contribution in [3.05, 3.63) is 12.4 Å². The van der Waals surface area contributed by atoms with Crippen molar-refractivity contribution in [3.8, 4) is 0 Å². The van der Waals surface area contributed by atoms with Crippen LogP contribution < -0.4 is 16.4 Å². The second-order valence-corrected chi connectivity index (χ2v) is 3.94. The highest BCUT2D eigenvalue weighted by Crippen LogP contribution is 2.25. The van der Waals surface area contributed by atoms with Crippen LogP contribution >= 0.6 is 24.8 Å². The minimum absolute atomic E-state index is 0. The molecule has 0 bridgehead atoms. The first-order chi connectivity index (χ1) is 7.74. The Hall–Kier alpha value is -0.820. The molecule has 2 atom stereocenters. The lowest BCUT2D eigenvalue weighted by atomic mass is 10.2. The van der Waals surface area contributed by atoms with Gasteiger partial charge in [0.1, 0.15) is 18.0 Å². The third kappa shape index (κ3) is 3.58. The predicted octanol–water partition coefficient (Wildman–Crippen LogP) is 0.455. The molecule has 18 heavy (non-hydrogen) atoms. The molecule has 1 aromatic heterocycles. The fourth-order valence-corrected chi connectivity index (χ4v) is 2.07. The van der Waals surface area contributed by atoms with Crippen molar-refractivity contribution in [1.82, 2.24) is 9.97 Å². The standard InChI is InChI=1S/C10H17N5O.2ClH/c1-16-8-2-7(4-11)15(5-8)10-3-9(12)13-6-14-10;;/h3,6-8H,2,4-5,11H2,1H3,(H2,12,13,14);2*1H/t7-,8-;;/m1../s1. The van der Waals surface area contributed by atoms with Crippen LogP contribution in [0.5, 0.6) is 0 Å². The highest BCUT2D eigenvalue weighted by atomic mass is 35.5. The van der Waals surface area contributed by atoms with Gasteiger partial charge >= 0.3 is 0 Å². The summed E-state index contributed by atoms with van der Waals surface area (Å²) in [5.41, 5.74) is 11.4. The van der Waals surface area contributed by atoms with E-state index in [9.17, 15) is 0 Å². The number of anilines is 2. The second-order valence-electron chi connectivity index (χ2n) is 3.94. The Morgan fingerprint density at radius 3 is 2.72 bits per heavy atom. The van der Waals surface area contributed by atoms with Gasteiger partial charge in [-0.15, -0.1) is 24.8 Å². The van der Waals surface area contributed by atoms with E-state index in [-0.39, 0.29) is 37.0 Å². The van der Waals surface area contributed by atoms with E-state index in [1.165, 1.54) is 6.33 Å². The molecule has 1 aliphatic heterocycles. The summed E-state index contributed by atoms with van der Waals surface area (Å²) >= 11 is 0. The lowest BCUT2D eigenvalue weighted by Gasteiger charge is -2.23. The number of methoxy groups -OCH3 is 1. The highest BCUT2D eigenvalue weighted by molar-refractivity contribution is 5.85. The molecule has 4 N–H and O–H groups in total. The van der Waals surface area contributed by atoms with Gasteiger partial charge in [0.15, 0.2) is 0 Å². The van der Waals surface area contributed by atoms with Crippen LogP contribution in [-0.2, 0) is 4.74 Å². The van der Waals surface area contributed by atoms with Gasteiger partial charge < -0.3 is 21.1 Å². The van der Waals surface area contributed by atoms with Crippen LogP contribution in [0.2, 0.25) is 0 Å². The van der Waals surface area contributed by atoms with Crippen molar-refractivity contribution in [2.24, 2.45) is 5.73 Å². The van der Waals surface area contributed by atoms with Crippen LogP contribution in [0.3, 0.4) is 0 Å². The van der Waals surface area contributed by atoms with Gasteiger partial charge in [0.05, 0.1) is 6.10 Å². The lowest BCUT2D eigenvalue weighted by Crippen LogP contribution is -2.36. The third-order valence-electron chi connectivity index (χ3n) is 2.95. The first-order valence-corrected chi connectivity index (χ1v) is 5.31. The molecule has 1 aliphatic rings. The van der Waals surface area contributed by atoms with Crippen molar-refractivity contribution in [1.29, 1.82) is 0 Å². The van der Waals surface area contributed by atoms with Crippen LogP contribution in [0.1, 0.15) is 6.42 Å². The lowest BCUT2D eigenvalue weighted by molar-refractivity contribution is 0.118. The molecule has 0 unspecified atom stereocenters. The van der Waals surface area contributed by atoms with E-state index in [0.717, 1.165) is 18.8 Å². The van der Waals surface area contributed by atoms with Crippen molar-refractivity contribution >= 4 is 36.4 Å². The maximum Gasteiger partial charge on any atom is 0.134 e. The molecule has 0 radical (unpaired) electrons. The van der Waals surface area contributed by atoms with E-state index in [1.54, 1.807) is 13.2 Å². The van der Waals surface area contributed by atoms with Crippen LogP contribution in [0.4, 0.5) is 11.6 Å². The SMILES string of the molecule is CO[C@@H]1C[C@H](CN)N(c2cc(N)ncn2)C1.Cl.Cl. The summed E-state index contributed by atoms with van der Waals surface area (Å²) in [6.45, 7) is 1.39. The number of nitrogens with two attached hydrogens (primary N) is 2. The molecule has 1 fully saturated rings. The summed E-state index contributed by atoms with van der Waals surface area (Å²) in [7, 11) is 1.72. The molecule has 0 aliphatic carbocycles. The van der Waals surface area contributed by atoms with Crippen molar-refractivity contribution in [2.45, 2.75) is 18.6 Å². The molecule has 1 aromatic rings. The minimum atomic E-state index is 0. The largest absolute Gasteiger partial charge is 0.384 e. The normalized spacial score (nSPS) is 22.2. The zero-order valence-electron chi connectivity index (χ0n) is 10.2. The average Bonchev–Trinajstić information content (AvgIpc) is 2.72. The van der Waals surface area contributed by atoms with E-state index >= 15 is 0 Å². The van der Waals surface area contributed by atoms with Gasteiger partial charge in [-0.3, -0.25) is 0 Å².